The number of H-pyrrole nitrogens is 1. The van der Waals surface area contributed by atoms with Crippen molar-refractivity contribution in [2.45, 2.75) is 12.5 Å². The van der Waals surface area contributed by atoms with Crippen molar-refractivity contribution in [3.05, 3.63) is 65.7 Å². The molecule has 0 saturated carbocycles. The van der Waals surface area contributed by atoms with Crippen LogP contribution in [0.4, 0.5) is 0 Å². The maximum Gasteiger partial charge on any atom is 0.335 e. The van der Waals surface area contributed by atoms with Crippen molar-refractivity contribution in [1.29, 1.82) is 0 Å². The predicted molar refractivity (Wildman–Crippen MR) is 101 cm³/mol. The molecule has 0 aliphatic rings. The largest absolute Gasteiger partial charge is 0.466 e. The minimum absolute atomic E-state index is 0.100. The zero-order valence-corrected chi connectivity index (χ0v) is 15.3. The maximum atomic E-state index is 12.6. The molecule has 0 saturated heterocycles. The molecule has 0 aliphatic carbocycles. The van der Waals surface area contributed by atoms with E-state index in [-0.39, 0.29) is 11.9 Å². The lowest BCUT2D eigenvalue weighted by Gasteiger charge is -2.19. The summed E-state index contributed by atoms with van der Waals surface area (Å²) in [7, 11) is 3.23. The van der Waals surface area contributed by atoms with Crippen LogP contribution in [0.3, 0.4) is 0 Å². The first-order valence-corrected chi connectivity index (χ1v) is 8.64. The minimum atomic E-state index is -0.592. The maximum absolute atomic E-state index is 12.6. The molecule has 1 atom stereocenters. The highest BCUT2D eigenvalue weighted by Gasteiger charge is 2.15. The lowest BCUT2D eigenvalue weighted by molar-refractivity contribution is 0.0761. The zero-order valence-electron chi connectivity index (χ0n) is 15.3. The Bertz CT molecular complexity index is 878. The van der Waals surface area contributed by atoms with Crippen LogP contribution in [0.2, 0.25) is 0 Å². The predicted octanol–water partition coefficient (Wildman–Crippen LogP) is 2.68. The second-order valence-electron chi connectivity index (χ2n) is 6.19. The van der Waals surface area contributed by atoms with Gasteiger partial charge in [0, 0.05) is 24.7 Å². The fourth-order valence-electron chi connectivity index (χ4n) is 2.72. The van der Waals surface area contributed by atoms with Gasteiger partial charge >= 0.3 is 6.01 Å². The van der Waals surface area contributed by atoms with E-state index in [2.05, 4.69) is 15.2 Å². The van der Waals surface area contributed by atoms with Crippen LogP contribution in [0.15, 0.2) is 54.6 Å². The van der Waals surface area contributed by atoms with Gasteiger partial charge in [-0.15, -0.1) is 5.10 Å². The fourth-order valence-corrected chi connectivity index (χ4v) is 2.72. The normalized spacial score (nSPS) is 11.8. The number of nitrogens with one attached hydrogen (secondary N) is 1. The molecule has 140 valence electrons. The molecule has 7 nitrogen and oxygen atoms in total. The number of aromatic nitrogens is 3. The number of hydrogen-bond donors (Lipinski definition) is 2. The van der Waals surface area contributed by atoms with E-state index in [4.69, 9.17) is 4.74 Å². The van der Waals surface area contributed by atoms with Gasteiger partial charge in [-0.05, 0) is 24.1 Å². The van der Waals surface area contributed by atoms with Gasteiger partial charge in [0.25, 0.3) is 5.91 Å². The number of methoxy groups -OCH3 is 1. The molecule has 0 radical (unpaired) electrons. The molecule has 0 bridgehead atoms. The quantitative estimate of drug-likeness (QED) is 0.671. The molecule has 3 aromatic rings. The summed E-state index contributed by atoms with van der Waals surface area (Å²) in [5, 5.41) is 16.9. The van der Waals surface area contributed by atoms with Crippen LogP contribution in [0.25, 0.3) is 11.4 Å². The summed E-state index contributed by atoms with van der Waals surface area (Å²) in [6, 6.07) is 16.8. The standard InChI is InChI=1S/C20H22N4O3/c1-24(13-12-17(25)14-6-4-3-5-7-14)19(26)16-10-8-15(9-11-16)18-21-20(27-2)23-22-18/h3-11,17,25H,12-13H2,1-2H3,(H,21,22,23). The van der Waals surface area contributed by atoms with Crippen molar-refractivity contribution < 1.29 is 14.6 Å². The van der Waals surface area contributed by atoms with Gasteiger partial charge in [-0.2, -0.15) is 4.98 Å². The summed E-state index contributed by atoms with van der Waals surface area (Å²) in [6.45, 7) is 0.454. The highest BCUT2D eigenvalue weighted by molar-refractivity contribution is 5.94. The van der Waals surface area contributed by atoms with E-state index in [1.165, 1.54) is 7.11 Å². The number of carbonyl (C=O) groups excluding carboxylic acids is 1. The summed E-state index contributed by atoms with van der Waals surface area (Å²) >= 11 is 0. The number of benzene rings is 2. The smallest absolute Gasteiger partial charge is 0.335 e. The Labute approximate surface area is 157 Å². The number of rotatable bonds is 7. The zero-order chi connectivity index (χ0) is 19.2. The molecule has 1 heterocycles. The van der Waals surface area contributed by atoms with Crippen LogP contribution in [0, 0.1) is 0 Å². The lowest BCUT2D eigenvalue weighted by Crippen LogP contribution is -2.28. The molecule has 0 fully saturated rings. The van der Waals surface area contributed by atoms with Gasteiger partial charge in [-0.1, -0.05) is 42.5 Å². The molecule has 3 rings (SSSR count). The van der Waals surface area contributed by atoms with Crippen LogP contribution in [-0.2, 0) is 0 Å². The summed E-state index contributed by atoms with van der Waals surface area (Å²) in [6.07, 6.45) is -0.118. The topological polar surface area (TPSA) is 91.3 Å². The van der Waals surface area contributed by atoms with Crippen molar-refractivity contribution in [2.75, 3.05) is 20.7 Å². The third-order valence-corrected chi connectivity index (χ3v) is 4.32. The van der Waals surface area contributed by atoms with Crippen molar-refractivity contribution >= 4 is 5.91 Å². The fraction of sp³-hybridized carbons (Fsp3) is 0.250. The third-order valence-electron chi connectivity index (χ3n) is 4.32. The second kappa shape index (κ2) is 8.46. The summed E-state index contributed by atoms with van der Waals surface area (Å²) < 4.78 is 4.95. The highest BCUT2D eigenvalue weighted by atomic mass is 16.5. The van der Waals surface area contributed by atoms with Gasteiger partial charge in [-0.3, -0.25) is 9.89 Å². The van der Waals surface area contributed by atoms with E-state index in [0.29, 0.717) is 24.4 Å². The van der Waals surface area contributed by atoms with Gasteiger partial charge in [-0.25, -0.2) is 0 Å². The van der Waals surface area contributed by atoms with Crippen LogP contribution in [0.1, 0.15) is 28.4 Å². The van der Waals surface area contributed by atoms with Crippen molar-refractivity contribution in [3.8, 4) is 17.4 Å². The number of carbonyl (C=O) groups is 1. The first-order chi connectivity index (χ1) is 13.1. The first kappa shape index (κ1) is 18.6. The Hall–Kier alpha value is -3.19. The Morgan fingerprint density at radius 3 is 2.52 bits per heavy atom. The molecular formula is C20H22N4O3. The monoisotopic (exact) mass is 366 g/mol. The number of hydrogen-bond acceptors (Lipinski definition) is 5. The van der Waals surface area contributed by atoms with E-state index < -0.39 is 6.10 Å². The summed E-state index contributed by atoms with van der Waals surface area (Å²) in [4.78, 5) is 18.4. The average molecular weight is 366 g/mol. The number of amides is 1. The van der Waals surface area contributed by atoms with E-state index >= 15 is 0 Å². The SMILES string of the molecule is COc1n[nH]c(-c2ccc(C(=O)N(C)CCC(O)c3ccccc3)cc2)n1. The van der Waals surface area contributed by atoms with Crippen LogP contribution in [-0.4, -0.2) is 51.8 Å². The van der Waals surface area contributed by atoms with Gasteiger partial charge < -0.3 is 14.7 Å². The van der Waals surface area contributed by atoms with Crippen LogP contribution >= 0.6 is 0 Å². The van der Waals surface area contributed by atoms with E-state index in [1.54, 1.807) is 36.2 Å². The van der Waals surface area contributed by atoms with Crippen molar-refractivity contribution in [2.24, 2.45) is 0 Å². The molecule has 1 amide bonds. The summed E-state index contributed by atoms with van der Waals surface area (Å²) in [5.41, 5.74) is 2.23. The minimum Gasteiger partial charge on any atom is -0.466 e. The van der Waals surface area contributed by atoms with Crippen molar-refractivity contribution in [3.63, 3.8) is 0 Å². The molecule has 0 spiro atoms. The Morgan fingerprint density at radius 1 is 1.19 bits per heavy atom. The summed E-state index contributed by atoms with van der Waals surface area (Å²) in [5.74, 6) is 0.474. The molecular weight excluding hydrogens is 344 g/mol. The van der Waals surface area contributed by atoms with Gasteiger partial charge in [0.2, 0.25) is 0 Å². The molecule has 2 N–H and O–H groups in total. The number of aromatic amines is 1. The van der Waals surface area contributed by atoms with Crippen molar-refractivity contribution in [1.82, 2.24) is 20.1 Å². The number of aliphatic hydroxyl groups excluding tert-OH is 1. The number of ether oxygens (including phenoxy) is 1. The average Bonchev–Trinajstić information content (AvgIpc) is 3.21. The van der Waals surface area contributed by atoms with Gasteiger partial charge in [0.05, 0.1) is 13.2 Å². The number of nitrogens with zero attached hydrogens (tertiary/aromatic N) is 3. The molecule has 2 aromatic carbocycles. The Balaban J connectivity index is 1.59. The molecule has 7 heteroatoms. The lowest BCUT2D eigenvalue weighted by atomic mass is 10.1. The molecule has 1 unspecified atom stereocenters. The van der Waals surface area contributed by atoms with E-state index in [9.17, 15) is 9.90 Å². The van der Waals surface area contributed by atoms with Crippen LogP contribution < -0.4 is 4.74 Å². The molecule has 27 heavy (non-hydrogen) atoms. The Morgan fingerprint density at radius 2 is 1.89 bits per heavy atom. The van der Waals surface area contributed by atoms with E-state index in [1.807, 2.05) is 30.3 Å². The highest BCUT2D eigenvalue weighted by Crippen LogP contribution is 2.19. The molecule has 1 aromatic heterocycles. The van der Waals surface area contributed by atoms with Crippen LogP contribution in [0.5, 0.6) is 6.01 Å². The second-order valence-corrected chi connectivity index (χ2v) is 6.19. The first-order valence-electron chi connectivity index (χ1n) is 8.64. The van der Waals surface area contributed by atoms with Gasteiger partial charge in [0.1, 0.15) is 0 Å². The third kappa shape index (κ3) is 4.51. The number of aliphatic hydroxyl groups is 1. The Kier molecular flexibility index (Phi) is 5.83. The van der Waals surface area contributed by atoms with E-state index in [0.717, 1.165) is 11.1 Å². The van der Waals surface area contributed by atoms with Gasteiger partial charge in [0.15, 0.2) is 5.82 Å². The molecule has 0 aliphatic heterocycles.